The quantitative estimate of drug-likeness (QED) is 0.605. The molecule has 1 rings (SSSR count). The van der Waals surface area contributed by atoms with Gasteiger partial charge in [0, 0.05) is 11.1 Å². The Labute approximate surface area is 76.9 Å². The molecule has 0 bridgehead atoms. The minimum Gasteiger partial charge on any atom is -0.193 e. The molecule has 2 heteroatoms. The van der Waals surface area contributed by atoms with Crippen molar-refractivity contribution in [3.63, 3.8) is 0 Å². The van der Waals surface area contributed by atoms with E-state index in [2.05, 4.69) is 0 Å². The number of hydrogen-bond acceptors (Lipinski definition) is 1. The van der Waals surface area contributed by atoms with E-state index in [0.717, 1.165) is 16.1 Å². The topological polar surface area (TPSA) is 23.8 Å². The second-order valence-corrected chi connectivity index (χ2v) is 2.90. The molecule has 0 spiro atoms. The molecule has 0 aliphatic heterocycles. The molecule has 0 radical (unpaired) electrons. The van der Waals surface area contributed by atoms with Crippen LogP contribution in [0.3, 0.4) is 0 Å². The molecule has 0 amide bonds. The fourth-order valence-electron chi connectivity index (χ4n) is 0.953. The Morgan fingerprint density at radius 3 is 2.83 bits per heavy atom. The van der Waals surface area contributed by atoms with E-state index in [1.54, 1.807) is 6.08 Å². The molecule has 0 atom stereocenters. The molecule has 12 heavy (non-hydrogen) atoms. The van der Waals surface area contributed by atoms with E-state index in [1.165, 1.54) is 6.08 Å². The van der Waals surface area contributed by atoms with E-state index < -0.39 is 0 Å². The molecule has 1 nitrogen and oxygen atoms in total. The minimum atomic E-state index is 0.724. The van der Waals surface area contributed by atoms with Crippen LogP contribution in [0.4, 0.5) is 0 Å². The van der Waals surface area contributed by atoms with E-state index in [9.17, 15) is 0 Å². The van der Waals surface area contributed by atoms with E-state index >= 15 is 0 Å². The predicted molar refractivity (Wildman–Crippen MR) is 50.8 cm³/mol. The van der Waals surface area contributed by atoms with Crippen LogP contribution in [0.2, 0.25) is 5.02 Å². The highest BCUT2D eigenvalue weighted by Crippen LogP contribution is 2.15. The molecule has 0 N–H and O–H groups in total. The molecule has 0 aliphatic rings. The summed E-state index contributed by atoms with van der Waals surface area (Å²) in [6.07, 6.45) is 3.22. The number of allylic oxidation sites excluding steroid dienone is 1. The van der Waals surface area contributed by atoms with Gasteiger partial charge in [-0.3, -0.25) is 0 Å². The second kappa shape index (κ2) is 3.94. The minimum absolute atomic E-state index is 0.724. The molecule has 0 heterocycles. The first-order valence-electron chi connectivity index (χ1n) is 3.56. The summed E-state index contributed by atoms with van der Waals surface area (Å²) in [6, 6.07) is 7.52. The van der Waals surface area contributed by atoms with Crippen LogP contribution in [0.15, 0.2) is 24.3 Å². The second-order valence-electron chi connectivity index (χ2n) is 2.46. The normalized spacial score (nSPS) is 10.1. The maximum absolute atomic E-state index is 8.31. The number of rotatable bonds is 1. The van der Waals surface area contributed by atoms with E-state index in [0.29, 0.717) is 0 Å². The lowest BCUT2D eigenvalue weighted by Crippen LogP contribution is -1.78. The van der Waals surface area contributed by atoms with Crippen LogP contribution in [0.5, 0.6) is 0 Å². The largest absolute Gasteiger partial charge is 0.193 e. The van der Waals surface area contributed by atoms with Crippen molar-refractivity contribution in [3.05, 3.63) is 40.4 Å². The molecule has 0 unspecified atom stereocenters. The van der Waals surface area contributed by atoms with Gasteiger partial charge in [0.15, 0.2) is 0 Å². The fourth-order valence-corrected chi connectivity index (χ4v) is 1.18. The van der Waals surface area contributed by atoms with Gasteiger partial charge in [-0.15, -0.1) is 0 Å². The average molecular weight is 178 g/mol. The van der Waals surface area contributed by atoms with Crippen molar-refractivity contribution in [1.29, 1.82) is 5.26 Å². The van der Waals surface area contributed by atoms with E-state index in [-0.39, 0.29) is 0 Å². The molecule has 0 fully saturated rings. The molecule has 1 aromatic rings. The number of hydrogen-bond donors (Lipinski definition) is 0. The van der Waals surface area contributed by atoms with Gasteiger partial charge in [-0.1, -0.05) is 17.7 Å². The highest BCUT2D eigenvalue weighted by molar-refractivity contribution is 6.30. The first-order valence-corrected chi connectivity index (χ1v) is 3.94. The Bertz CT molecular complexity index is 347. The van der Waals surface area contributed by atoms with Crippen molar-refractivity contribution < 1.29 is 0 Å². The molecular weight excluding hydrogens is 170 g/mol. The number of nitriles is 1. The lowest BCUT2D eigenvalue weighted by molar-refractivity contribution is 1.44. The number of benzene rings is 1. The van der Waals surface area contributed by atoms with Crippen molar-refractivity contribution in [2.24, 2.45) is 0 Å². The summed E-state index contributed by atoms with van der Waals surface area (Å²) >= 11 is 5.76. The highest BCUT2D eigenvalue weighted by atomic mass is 35.5. The summed E-state index contributed by atoms with van der Waals surface area (Å²) in [5, 5.41) is 9.03. The highest BCUT2D eigenvalue weighted by Gasteiger charge is 1.93. The molecular formula is C10H8ClN. The standard InChI is InChI=1S/C10H8ClN/c1-8-7-10(11)5-4-9(8)3-2-6-12/h2-5,7H,1H3. The van der Waals surface area contributed by atoms with Gasteiger partial charge in [0.2, 0.25) is 0 Å². The summed E-state index contributed by atoms with van der Waals surface area (Å²) in [4.78, 5) is 0. The zero-order chi connectivity index (χ0) is 8.97. The smallest absolute Gasteiger partial charge is 0.0912 e. The van der Waals surface area contributed by atoms with Gasteiger partial charge >= 0.3 is 0 Å². The third-order valence-corrected chi connectivity index (χ3v) is 1.80. The fraction of sp³-hybridized carbons (Fsp3) is 0.100. The Morgan fingerprint density at radius 1 is 1.50 bits per heavy atom. The molecule has 1 aromatic carbocycles. The third-order valence-electron chi connectivity index (χ3n) is 1.57. The molecule has 0 aromatic heterocycles. The summed E-state index contributed by atoms with van der Waals surface area (Å²) in [6.45, 7) is 1.96. The van der Waals surface area contributed by atoms with Crippen LogP contribution < -0.4 is 0 Å². The molecule has 0 saturated heterocycles. The molecule has 0 saturated carbocycles. The third kappa shape index (κ3) is 2.11. The monoisotopic (exact) mass is 177 g/mol. The SMILES string of the molecule is Cc1cc(Cl)ccc1C=CC#N. The van der Waals surface area contributed by atoms with Crippen LogP contribution in [0, 0.1) is 18.3 Å². The summed E-state index contributed by atoms with van der Waals surface area (Å²) in [5.74, 6) is 0. The summed E-state index contributed by atoms with van der Waals surface area (Å²) in [5.41, 5.74) is 2.11. The Kier molecular flexibility index (Phi) is 2.90. The van der Waals surface area contributed by atoms with Crippen LogP contribution in [-0.4, -0.2) is 0 Å². The lowest BCUT2D eigenvalue weighted by Gasteiger charge is -1.98. The number of halogens is 1. The van der Waals surface area contributed by atoms with Crippen molar-refractivity contribution in [2.45, 2.75) is 6.92 Å². The van der Waals surface area contributed by atoms with Crippen molar-refractivity contribution in [2.75, 3.05) is 0 Å². The van der Waals surface area contributed by atoms with Crippen molar-refractivity contribution in [1.82, 2.24) is 0 Å². The van der Waals surface area contributed by atoms with Gasteiger partial charge < -0.3 is 0 Å². The van der Waals surface area contributed by atoms with Crippen LogP contribution in [-0.2, 0) is 0 Å². The Balaban J connectivity index is 3.03. The maximum atomic E-state index is 8.31. The first-order chi connectivity index (χ1) is 5.74. The van der Waals surface area contributed by atoms with Gasteiger partial charge in [-0.2, -0.15) is 5.26 Å². The van der Waals surface area contributed by atoms with Gasteiger partial charge in [-0.05, 0) is 36.3 Å². The summed E-state index contributed by atoms with van der Waals surface area (Å²) in [7, 11) is 0. The average Bonchev–Trinajstić information content (AvgIpc) is 2.03. The van der Waals surface area contributed by atoms with Gasteiger partial charge in [-0.25, -0.2) is 0 Å². The Morgan fingerprint density at radius 2 is 2.25 bits per heavy atom. The zero-order valence-electron chi connectivity index (χ0n) is 6.71. The number of nitrogens with zero attached hydrogens (tertiary/aromatic N) is 1. The Hall–Kier alpha value is -1.26. The van der Waals surface area contributed by atoms with Crippen LogP contribution in [0.25, 0.3) is 6.08 Å². The predicted octanol–water partition coefficient (Wildman–Crippen LogP) is 3.19. The summed E-state index contributed by atoms with van der Waals surface area (Å²) < 4.78 is 0. The number of aryl methyl sites for hydroxylation is 1. The first kappa shape index (κ1) is 8.83. The van der Waals surface area contributed by atoms with Crippen molar-refractivity contribution >= 4 is 17.7 Å². The van der Waals surface area contributed by atoms with Crippen LogP contribution >= 0.6 is 11.6 Å². The van der Waals surface area contributed by atoms with Gasteiger partial charge in [0.25, 0.3) is 0 Å². The maximum Gasteiger partial charge on any atom is 0.0912 e. The zero-order valence-corrected chi connectivity index (χ0v) is 7.47. The lowest BCUT2D eigenvalue weighted by atomic mass is 10.1. The van der Waals surface area contributed by atoms with E-state index in [4.69, 9.17) is 16.9 Å². The molecule has 60 valence electrons. The van der Waals surface area contributed by atoms with Crippen molar-refractivity contribution in [3.8, 4) is 6.07 Å². The van der Waals surface area contributed by atoms with Gasteiger partial charge in [0.05, 0.1) is 6.07 Å². The van der Waals surface area contributed by atoms with Gasteiger partial charge in [0.1, 0.15) is 0 Å². The molecule has 0 aliphatic carbocycles. The van der Waals surface area contributed by atoms with Crippen LogP contribution in [0.1, 0.15) is 11.1 Å². The van der Waals surface area contributed by atoms with E-state index in [1.807, 2.05) is 31.2 Å².